The molecule has 0 saturated carbocycles. The van der Waals surface area contributed by atoms with Crippen molar-refractivity contribution in [2.45, 2.75) is 73.1 Å². The smallest absolute Gasteiger partial charge is 0.408 e. The van der Waals surface area contributed by atoms with Crippen molar-refractivity contribution in [2.75, 3.05) is 11.9 Å². The fourth-order valence-corrected chi connectivity index (χ4v) is 3.69. The van der Waals surface area contributed by atoms with E-state index in [0.717, 1.165) is 22.3 Å². The van der Waals surface area contributed by atoms with Crippen molar-refractivity contribution in [3.63, 3.8) is 0 Å². The van der Waals surface area contributed by atoms with E-state index in [0.29, 0.717) is 5.69 Å². The van der Waals surface area contributed by atoms with Gasteiger partial charge in [-0.15, -0.1) is 0 Å². The molecular formula is C27H37N3O4. The standard InChI is InChI=1S/C27H37N3O4/c1-17(2)30(23(31)16-28-26(33)34-27(6,7)8)24(21-14-11-13-18(3)20(21)5)25(32)29-22-15-10-9-12-19(22)4/h9-15,17,24H,16H2,1-8H3,(H,28,33)(H,29,32). The van der Waals surface area contributed by atoms with Gasteiger partial charge in [0.25, 0.3) is 5.91 Å². The number of anilines is 1. The Hall–Kier alpha value is -3.35. The van der Waals surface area contributed by atoms with Crippen LogP contribution >= 0.6 is 0 Å². The minimum Gasteiger partial charge on any atom is -0.444 e. The van der Waals surface area contributed by atoms with Crippen molar-refractivity contribution in [3.8, 4) is 0 Å². The molecule has 0 fully saturated rings. The number of alkyl carbamates (subject to hydrolysis) is 1. The summed E-state index contributed by atoms with van der Waals surface area (Å²) in [6.07, 6.45) is -0.683. The average Bonchev–Trinajstić information content (AvgIpc) is 2.72. The average molecular weight is 468 g/mol. The summed E-state index contributed by atoms with van der Waals surface area (Å²) >= 11 is 0. The SMILES string of the molecule is Cc1ccccc1NC(=O)C(c1cccc(C)c1C)N(C(=O)CNC(=O)OC(C)(C)C)C(C)C. The Kier molecular flexibility index (Phi) is 8.85. The Balaban J connectivity index is 2.42. The minimum absolute atomic E-state index is 0.286. The minimum atomic E-state index is -0.882. The fraction of sp³-hybridized carbons (Fsp3) is 0.444. The summed E-state index contributed by atoms with van der Waals surface area (Å²) in [5.41, 5.74) is 3.63. The number of para-hydroxylation sites is 1. The molecule has 1 atom stereocenters. The summed E-state index contributed by atoms with van der Waals surface area (Å²) in [7, 11) is 0. The Morgan fingerprint density at radius 1 is 0.941 bits per heavy atom. The van der Waals surface area contributed by atoms with Crippen LogP contribution < -0.4 is 10.6 Å². The maximum atomic E-state index is 13.7. The van der Waals surface area contributed by atoms with Gasteiger partial charge in [-0.1, -0.05) is 36.4 Å². The highest BCUT2D eigenvalue weighted by Gasteiger charge is 2.35. The van der Waals surface area contributed by atoms with Crippen LogP contribution in [0.25, 0.3) is 0 Å². The zero-order valence-electron chi connectivity index (χ0n) is 21.5. The number of rotatable bonds is 7. The number of carbonyl (C=O) groups excluding carboxylic acids is 3. The molecule has 2 aromatic carbocycles. The Bertz CT molecular complexity index is 1040. The molecule has 0 saturated heterocycles. The first-order valence-corrected chi connectivity index (χ1v) is 11.5. The first-order valence-electron chi connectivity index (χ1n) is 11.5. The molecular weight excluding hydrogens is 430 g/mol. The van der Waals surface area contributed by atoms with Gasteiger partial charge < -0.3 is 20.3 Å². The van der Waals surface area contributed by atoms with Gasteiger partial charge in [0.1, 0.15) is 18.2 Å². The number of amides is 3. The second-order valence-electron chi connectivity index (χ2n) is 9.75. The lowest BCUT2D eigenvalue weighted by molar-refractivity contribution is -0.140. The van der Waals surface area contributed by atoms with Gasteiger partial charge in [-0.25, -0.2) is 4.79 Å². The maximum absolute atomic E-state index is 13.7. The van der Waals surface area contributed by atoms with Crippen molar-refractivity contribution < 1.29 is 19.1 Å². The zero-order chi connectivity index (χ0) is 25.6. The Labute approximate surface area is 202 Å². The first-order chi connectivity index (χ1) is 15.8. The lowest BCUT2D eigenvalue weighted by Gasteiger charge is -2.35. The predicted molar refractivity (Wildman–Crippen MR) is 135 cm³/mol. The van der Waals surface area contributed by atoms with E-state index in [2.05, 4.69) is 10.6 Å². The zero-order valence-corrected chi connectivity index (χ0v) is 21.5. The van der Waals surface area contributed by atoms with E-state index in [1.807, 2.05) is 77.1 Å². The van der Waals surface area contributed by atoms with Crippen LogP contribution in [-0.2, 0) is 14.3 Å². The lowest BCUT2D eigenvalue weighted by Crippen LogP contribution is -2.49. The van der Waals surface area contributed by atoms with Gasteiger partial charge in [0.2, 0.25) is 5.91 Å². The number of benzene rings is 2. The molecule has 0 bridgehead atoms. The summed E-state index contributed by atoms with van der Waals surface area (Å²) < 4.78 is 5.25. The lowest BCUT2D eigenvalue weighted by atomic mass is 9.94. The van der Waals surface area contributed by atoms with E-state index in [1.165, 1.54) is 4.90 Å². The van der Waals surface area contributed by atoms with E-state index in [4.69, 9.17) is 4.74 Å². The fourth-order valence-electron chi connectivity index (χ4n) is 3.69. The quantitative estimate of drug-likeness (QED) is 0.596. The third-order valence-electron chi connectivity index (χ3n) is 5.50. The van der Waals surface area contributed by atoms with Gasteiger partial charge in [0.05, 0.1) is 0 Å². The van der Waals surface area contributed by atoms with E-state index in [9.17, 15) is 14.4 Å². The predicted octanol–water partition coefficient (Wildman–Crippen LogP) is 5.05. The second kappa shape index (κ2) is 11.2. The molecule has 0 heterocycles. The number of hydrogen-bond acceptors (Lipinski definition) is 4. The number of aryl methyl sites for hydroxylation is 2. The van der Waals surface area contributed by atoms with Crippen LogP contribution in [0.4, 0.5) is 10.5 Å². The monoisotopic (exact) mass is 467 g/mol. The first kappa shape index (κ1) is 26.9. The van der Waals surface area contributed by atoms with Crippen LogP contribution in [-0.4, -0.2) is 41.0 Å². The maximum Gasteiger partial charge on any atom is 0.408 e. The van der Waals surface area contributed by atoms with E-state index >= 15 is 0 Å². The molecule has 34 heavy (non-hydrogen) atoms. The van der Waals surface area contributed by atoms with Crippen LogP contribution in [0.5, 0.6) is 0 Å². The molecule has 184 valence electrons. The molecule has 2 aromatic rings. The largest absolute Gasteiger partial charge is 0.444 e. The van der Waals surface area contributed by atoms with Crippen molar-refractivity contribution in [1.82, 2.24) is 10.2 Å². The van der Waals surface area contributed by atoms with Gasteiger partial charge in [-0.2, -0.15) is 0 Å². The highest BCUT2D eigenvalue weighted by Crippen LogP contribution is 2.30. The van der Waals surface area contributed by atoms with Crippen molar-refractivity contribution in [1.29, 1.82) is 0 Å². The molecule has 0 aliphatic heterocycles. The van der Waals surface area contributed by atoms with E-state index in [1.54, 1.807) is 20.8 Å². The molecule has 0 aliphatic carbocycles. The topological polar surface area (TPSA) is 87.7 Å². The van der Waals surface area contributed by atoms with Crippen molar-refractivity contribution in [2.24, 2.45) is 0 Å². The molecule has 0 aromatic heterocycles. The van der Waals surface area contributed by atoms with Gasteiger partial charge >= 0.3 is 6.09 Å². The van der Waals surface area contributed by atoms with Crippen LogP contribution in [0.3, 0.4) is 0 Å². The molecule has 2 rings (SSSR count). The molecule has 2 N–H and O–H groups in total. The van der Waals surface area contributed by atoms with Crippen LogP contribution in [0.2, 0.25) is 0 Å². The summed E-state index contributed by atoms with van der Waals surface area (Å²) in [5.74, 6) is -0.700. The van der Waals surface area contributed by atoms with Crippen molar-refractivity contribution >= 4 is 23.6 Å². The Morgan fingerprint density at radius 3 is 2.15 bits per heavy atom. The third-order valence-corrected chi connectivity index (χ3v) is 5.50. The summed E-state index contributed by atoms with van der Waals surface area (Å²) in [5, 5.41) is 5.52. The van der Waals surface area contributed by atoms with Gasteiger partial charge in [0, 0.05) is 11.7 Å². The van der Waals surface area contributed by atoms with Crippen LogP contribution in [0.15, 0.2) is 42.5 Å². The molecule has 7 heteroatoms. The molecule has 0 radical (unpaired) electrons. The highest BCUT2D eigenvalue weighted by molar-refractivity contribution is 5.99. The number of nitrogens with zero attached hydrogens (tertiary/aromatic N) is 1. The summed E-state index contributed by atoms with van der Waals surface area (Å²) in [6.45, 7) is 14.5. The molecule has 1 unspecified atom stereocenters. The third kappa shape index (κ3) is 7.07. The molecule has 3 amide bonds. The van der Waals surface area contributed by atoms with E-state index in [-0.39, 0.29) is 24.4 Å². The van der Waals surface area contributed by atoms with Gasteiger partial charge in [-0.3, -0.25) is 9.59 Å². The van der Waals surface area contributed by atoms with Gasteiger partial charge in [0.15, 0.2) is 0 Å². The summed E-state index contributed by atoms with van der Waals surface area (Å²) in [4.78, 5) is 40.7. The molecule has 7 nitrogen and oxygen atoms in total. The van der Waals surface area contributed by atoms with Crippen molar-refractivity contribution in [3.05, 3.63) is 64.7 Å². The number of nitrogens with one attached hydrogen (secondary N) is 2. The molecule has 0 spiro atoms. The summed E-state index contributed by atoms with van der Waals surface area (Å²) in [6, 6.07) is 12.0. The van der Waals surface area contributed by atoms with Gasteiger partial charge in [-0.05, 0) is 83.7 Å². The molecule has 0 aliphatic rings. The number of ether oxygens (including phenoxy) is 1. The number of hydrogen-bond donors (Lipinski definition) is 2. The highest BCUT2D eigenvalue weighted by atomic mass is 16.6. The number of carbonyl (C=O) groups is 3. The normalized spacial score (nSPS) is 12.1. The second-order valence-corrected chi connectivity index (χ2v) is 9.75. The van der Waals surface area contributed by atoms with Crippen LogP contribution in [0.1, 0.15) is 62.9 Å². The van der Waals surface area contributed by atoms with E-state index < -0.39 is 17.7 Å². The Morgan fingerprint density at radius 2 is 1.56 bits per heavy atom. The van der Waals surface area contributed by atoms with Crippen LogP contribution in [0, 0.1) is 20.8 Å².